The molecule has 0 bridgehead atoms. The third kappa shape index (κ3) is 5.11. The number of amides is 3. The van der Waals surface area contributed by atoms with Crippen LogP contribution in [0.4, 0.5) is 11.4 Å². The number of nitrogens with zero attached hydrogens (tertiary/aromatic N) is 2. The van der Waals surface area contributed by atoms with Crippen molar-refractivity contribution in [3.63, 3.8) is 0 Å². The number of ether oxygens (including phenoxy) is 1. The Bertz CT molecular complexity index is 890. The van der Waals surface area contributed by atoms with Crippen molar-refractivity contribution in [1.82, 2.24) is 4.90 Å². The van der Waals surface area contributed by atoms with Gasteiger partial charge in [-0.1, -0.05) is 12.1 Å². The van der Waals surface area contributed by atoms with E-state index in [9.17, 15) is 14.4 Å². The van der Waals surface area contributed by atoms with Crippen molar-refractivity contribution in [2.45, 2.75) is 6.61 Å². The lowest BCUT2D eigenvalue weighted by molar-refractivity contribution is -0.143. The first-order valence-corrected chi connectivity index (χ1v) is 9.31. The highest BCUT2D eigenvalue weighted by atomic mass is 16.5. The molecule has 2 aromatic rings. The summed E-state index contributed by atoms with van der Waals surface area (Å²) in [7, 11) is 1.60. The predicted octanol–water partition coefficient (Wildman–Crippen LogP) is 1.22. The molecular formula is C21H24N4O4. The van der Waals surface area contributed by atoms with Crippen molar-refractivity contribution in [3.05, 3.63) is 59.7 Å². The second-order valence-electron chi connectivity index (χ2n) is 6.78. The molecule has 3 rings (SSSR count). The molecule has 0 unspecified atom stereocenters. The summed E-state index contributed by atoms with van der Waals surface area (Å²) in [6, 6.07) is 14.2. The van der Waals surface area contributed by atoms with Crippen LogP contribution in [0.3, 0.4) is 0 Å². The molecule has 0 saturated carbocycles. The van der Waals surface area contributed by atoms with Crippen molar-refractivity contribution >= 4 is 29.1 Å². The van der Waals surface area contributed by atoms with Crippen molar-refractivity contribution in [2.75, 3.05) is 43.5 Å². The topological polar surface area (TPSA) is 105 Å². The van der Waals surface area contributed by atoms with Crippen LogP contribution in [0.15, 0.2) is 48.5 Å². The highest BCUT2D eigenvalue weighted by molar-refractivity contribution is 6.39. The van der Waals surface area contributed by atoms with Crippen LogP contribution < -0.4 is 16.0 Å². The van der Waals surface area contributed by atoms with Gasteiger partial charge in [-0.25, -0.2) is 0 Å². The van der Waals surface area contributed by atoms with E-state index in [2.05, 4.69) is 10.2 Å². The Morgan fingerprint density at radius 2 is 1.72 bits per heavy atom. The number of rotatable bonds is 5. The summed E-state index contributed by atoms with van der Waals surface area (Å²) in [6.45, 7) is 2.50. The monoisotopic (exact) mass is 396 g/mol. The van der Waals surface area contributed by atoms with E-state index in [0.717, 1.165) is 11.3 Å². The van der Waals surface area contributed by atoms with E-state index in [-0.39, 0.29) is 0 Å². The number of methoxy groups -OCH3 is 1. The fraction of sp³-hybridized carbons (Fsp3) is 0.286. The number of hydrogen-bond acceptors (Lipinski definition) is 5. The minimum atomic E-state index is -0.654. The molecule has 1 saturated heterocycles. The number of nitrogens with two attached hydrogens (primary N) is 1. The van der Waals surface area contributed by atoms with E-state index in [1.165, 1.54) is 0 Å². The Kier molecular flexibility index (Phi) is 6.46. The molecular weight excluding hydrogens is 372 g/mol. The fourth-order valence-corrected chi connectivity index (χ4v) is 3.24. The number of carbonyl (C=O) groups is 3. The van der Waals surface area contributed by atoms with Gasteiger partial charge in [0.15, 0.2) is 0 Å². The minimum Gasteiger partial charge on any atom is -0.380 e. The Morgan fingerprint density at radius 1 is 1.03 bits per heavy atom. The lowest BCUT2D eigenvalue weighted by atomic mass is 10.1. The maximum Gasteiger partial charge on any atom is 0.313 e. The average Bonchev–Trinajstić information content (AvgIpc) is 2.74. The number of nitrogens with one attached hydrogen (secondary N) is 1. The molecule has 8 heteroatoms. The molecule has 1 heterocycles. The lowest BCUT2D eigenvalue weighted by Gasteiger charge is -2.35. The number of anilines is 2. The van der Waals surface area contributed by atoms with Crippen LogP contribution in [0.2, 0.25) is 0 Å². The first-order chi connectivity index (χ1) is 14.0. The summed E-state index contributed by atoms with van der Waals surface area (Å²) in [5.74, 6) is -1.67. The molecule has 0 spiro atoms. The Morgan fingerprint density at radius 3 is 2.34 bits per heavy atom. The van der Waals surface area contributed by atoms with Gasteiger partial charge in [-0.15, -0.1) is 0 Å². The number of primary amides is 1. The summed E-state index contributed by atoms with van der Waals surface area (Å²) in [4.78, 5) is 39.7. The van der Waals surface area contributed by atoms with Gasteiger partial charge in [-0.2, -0.15) is 0 Å². The highest BCUT2D eigenvalue weighted by Crippen LogP contribution is 2.18. The van der Waals surface area contributed by atoms with Crippen molar-refractivity contribution in [2.24, 2.45) is 5.73 Å². The molecule has 2 aromatic carbocycles. The highest BCUT2D eigenvalue weighted by Gasteiger charge is 2.26. The van der Waals surface area contributed by atoms with Gasteiger partial charge in [-0.3, -0.25) is 14.4 Å². The van der Waals surface area contributed by atoms with Gasteiger partial charge < -0.3 is 25.6 Å². The van der Waals surface area contributed by atoms with Crippen LogP contribution >= 0.6 is 0 Å². The van der Waals surface area contributed by atoms with E-state index in [1.807, 2.05) is 18.2 Å². The summed E-state index contributed by atoms with van der Waals surface area (Å²) in [6.07, 6.45) is 0. The second-order valence-corrected chi connectivity index (χ2v) is 6.78. The summed E-state index contributed by atoms with van der Waals surface area (Å²) >= 11 is 0. The largest absolute Gasteiger partial charge is 0.380 e. The van der Waals surface area contributed by atoms with Crippen molar-refractivity contribution in [3.8, 4) is 0 Å². The molecule has 29 heavy (non-hydrogen) atoms. The molecule has 0 atom stereocenters. The van der Waals surface area contributed by atoms with Gasteiger partial charge in [0.2, 0.25) is 5.91 Å². The number of benzene rings is 2. The van der Waals surface area contributed by atoms with Gasteiger partial charge in [0.1, 0.15) is 0 Å². The molecule has 0 aromatic heterocycles. The first-order valence-electron chi connectivity index (χ1n) is 9.31. The molecule has 1 aliphatic heterocycles. The standard InChI is InChI=1S/C21H24N4O4/c1-29-14-15-3-2-4-17(13-15)23-20(27)21(28)25-11-9-24(10-12-25)18-7-5-16(6-8-18)19(22)26/h2-8,13H,9-12,14H2,1H3,(H2,22,26)(H,23,27). The van der Waals surface area contributed by atoms with E-state index in [0.29, 0.717) is 44.0 Å². The van der Waals surface area contributed by atoms with Crippen molar-refractivity contribution in [1.29, 1.82) is 0 Å². The van der Waals surface area contributed by atoms with Gasteiger partial charge in [0, 0.05) is 50.2 Å². The number of piperazine rings is 1. The predicted molar refractivity (Wildman–Crippen MR) is 110 cm³/mol. The lowest BCUT2D eigenvalue weighted by Crippen LogP contribution is -2.51. The molecule has 8 nitrogen and oxygen atoms in total. The van der Waals surface area contributed by atoms with E-state index in [4.69, 9.17) is 10.5 Å². The van der Waals surface area contributed by atoms with Gasteiger partial charge in [0.25, 0.3) is 0 Å². The molecule has 3 N–H and O–H groups in total. The maximum absolute atomic E-state index is 12.5. The normalized spacial score (nSPS) is 13.8. The van der Waals surface area contributed by atoms with Crippen molar-refractivity contribution < 1.29 is 19.1 Å². The Labute approximate surface area is 169 Å². The van der Waals surface area contributed by atoms with Crippen LogP contribution in [0, 0.1) is 0 Å². The first kappa shape index (κ1) is 20.3. The number of hydrogen-bond donors (Lipinski definition) is 2. The number of carbonyl (C=O) groups excluding carboxylic acids is 3. The zero-order chi connectivity index (χ0) is 20.8. The van der Waals surface area contributed by atoms with Crippen LogP contribution in [0.1, 0.15) is 15.9 Å². The maximum atomic E-state index is 12.5. The molecule has 3 amide bonds. The SMILES string of the molecule is COCc1cccc(NC(=O)C(=O)N2CCN(c3ccc(C(N)=O)cc3)CC2)c1. The summed E-state index contributed by atoms with van der Waals surface area (Å²) in [5.41, 5.74) is 8.13. The molecule has 1 aliphatic rings. The summed E-state index contributed by atoms with van der Waals surface area (Å²) < 4.78 is 5.08. The van der Waals surface area contributed by atoms with Crippen LogP contribution in [0.25, 0.3) is 0 Å². The van der Waals surface area contributed by atoms with Gasteiger partial charge in [-0.05, 0) is 42.0 Å². The van der Waals surface area contributed by atoms with E-state index >= 15 is 0 Å². The van der Waals surface area contributed by atoms with Crippen LogP contribution in [-0.2, 0) is 20.9 Å². The van der Waals surface area contributed by atoms with E-state index in [1.54, 1.807) is 42.3 Å². The quantitative estimate of drug-likeness (QED) is 0.740. The van der Waals surface area contributed by atoms with Crippen LogP contribution in [-0.4, -0.2) is 55.9 Å². The van der Waals surface area contributed by atoms with E-state index < -0.39 is 17.7 Å². The minimum absolute atomic E-state index is 0.431. The molecule has 0 radical (unpaired) electrons. The Hall–Kier alpha value is -3.39. The molecule has 0 aliphatic carbocycles. The molecule has 152 valence electrons. The van der Waals surface area contributed by atoms with Gasteiger partial charge >= 0.3 is 11.8 Å². The average molecular weight is 396 g/mol. The summed E-state index contributed by atoms with van der Waals surface area (Å²) in [5, 5.41) is 2.65. The molecule has 1 fully saturated rings. The smallest absolute Gasteiger partial charge is 0.313 e. The third-order valence-electron chi connectivity index (χ3n) is 4.77. The third-order valence-corrected chi connectivity index (χ3v) is 4.77. The zero-order valence-electron chi connectivity index (χ0n) is 16.3. The Balaban J connectivity index is 1.54. The zero-order valence-corrected chi connectivity index (χ0v) is 16.3. The van der Waals surface area contributed by atoms with Gasteiger partial charge in [0.05, 0.1) is 6.61 Å². The fourth-order valence-electron chi connectivity index (χ4n) is 3.24. The second kappa shape index (κ2) is 9.20. The van der Waals surface area contributed by atoms with Crippen LogP contribution in [0.5, 0.6) is 0 Å².